The molecule has 116 valence electrons. The number of hydrogen-bond donors (Lipinski definition) is 0. The minimum atomic E-state index is 0.123. The zero-order chi connectivity index (χ0) is 15.7. The van der Waals surface area contributed by atoms with E-state index in [0.717, 1.165) is 30.8 Å². The maximum Gasteiger partial charge on any atom is 0.253 e. The van der Waals surface area contributed by atoms with Gasteiger partial charge in [0.15, 0.2) is 0 Å². The van der Waals surface area contributed by atoms with Crippen molar-refractivity contribution in [2.75, 3.05) is 13.1 Å². The van der Waals surface area contributed by atoms with E-state index in [-0.39, 0.29) is 5.91 Å². The van der Waals surface area contributed by atoms with Gasteiger partial charge in [-0.25, -0.2) is 0 Å². The molecule has 0 aliphatic carbocycles. The van der Waals surface area contributed by atoms with Crippen LogP contribution in [-0.4, -0.2) is 33.7 Å². The summed E-state index contributed by atoms with van der Waals surface area (Å²) in [5, 5.41) is 4.66. The second-order valence-electron chi connectivity index (χ2n) is 6.37. The number of amides is 1. The third-order valence-corrected chi connectivity index (χ3v) is 4.30. The zero-order valence-electron chi connectivity index (χ0n) is 13.5. The maximum absolute atomic E-state index is 12.5. The van der Waals surface area contributed by atoms with Crippen LogP contribution in [-0.2, 0) is 0 Å². The quantitative estimate of drug-likeness (QED) is 0.871. The summed E-state index contributed by atoms with van der Waals surface area (Å²) < 4.78 is 2.14. The Morgan fingerprint density at radius 3 is 2.68 bits per heavy atom. The smallest absolute Gasteiger partial charge is 0.253 e. The van der Waals surface area contributed by atoms with Crippen molar-refractivity contribution in [1.29, 1.82) is 0 Å². The molecule has 1 aromatic carbocycles. The van der Waals surface area contributed by atoms with E-state index in [2.05, 4.69) is 29.7 Å². The second kappa shape index (κ2) is 5.95. The van der Waals surface area contributed by atoms with Crippen LogP contribution in [0.5, 0.6) is 0 Å². The highest BCUT2D eigenvalue weighted by molar-refractivity contribution is 5.94. The lowest BCUT2D eigenvalue weighted by molar-refractivity contribution is 0.0787. The van der Waals surface area contributed by atoms with Crippen LogP contribution in [0.4, 0.5) is 0 Å². The number of nitrogens with zero attached hydrogens (tertiary/aromatic N) is 3. The SMILES string of the molecule is Cc1cc(C(C)C)n(C2CCN(C(=O)c3ccccc3)C2)n1. The number of carbonyl (C=O) groups excluding carboxylic acids is 1. The molecule has 0 saturated carbocycles. The van der Waals surface area contributed by atoms with Gasteiger partial charge in [0.1, 0.15) is 0 Å². The van der Waals surface area contributed by atoms with Crippen molar-refractivity contribution in [1.82, 2.24) is 14.7 Å². The van der Waals surface area contributed by atoms with Gasteiger partial charge in [0, 0.05) is 24.3 Å². The molecule has 2 heterocycles. The molecule has 1 saturated heterocycles. The van der Waals surface area contributed by atoms with Gasteiger partial charge in [-0.1, -0.05) is 32.0 Å². The third kappa shape index (κ3) is 2.78. The van der Waals surface area contributed by atoms with Crippen LogP contribution in [0.25, 0.3) is 0 Å². The van der Waals surface area contributed by atoms with Crippen LogP contribution >= 0.6 is 0 Å². The lowest BCUT2D eigenvalue weighted by Crippen LogP contribution is -2.29. The molecule has 3 rings (SSSR count). The van der Waals surface area contributed by atoms with Gasteiger partial charge < -0.3 is 4.90 Å². The fourth-order valence-electron chi connectivity index (χ4n) is 3.15. The van der Waals surface area contributed by atoms with Gasteiger partial charge in [0.25, 0.3) is 5.91 Å². The third-order valence-electron chi connectivity index (χ3n) is 4.30. The van der Waals surface area contributed by atoms with Crippen molar-refractivity contribution in [3.8, 4) is 0 Å². The number of hydrogen-bond acceptors (Lipinski definition) is 2. The largest absolute Gasteiger partial charge is 0.336 e. The summed E-state index contributed by atoms with van der Waals surface area (Å²) in [6.07, 6.45) is 0.972. The Hall–Kier alpha value is -2.10. The monoisotopic (exact) mass is 297 g/mol. The lowest BCUT2D eigenvalue weighted by atomic mass is 10.1. The number of benzene rings is 1. The first-order valence-corrected chi connectivity index (χ1v) is 7.96. The predicted octanol–water partition coefficient (Wildman–Crippen LogP) is 3.40. The molecule has 2 aromatic rings. The Morgan fingerprint density at radius 1 is 1.27 bits per heavy atom. The van der Waals surface area contributed by atoms with Crippen molar-refractivity contribution >= 4 is 5.91 Å². The molecule has 1 unspecified atom stereocenters. The standard InChI is InChI=1S/C18H23N3O/c1-13(2)17-11-14(3)19-21(17)16-9-10-20(12-16)18(22)15-7-5-4-6-8-15/h4-8,11,13,16H,9-10,12H2,1-3H3. The molecule has 0 spiro atoms. The number of aromatic nitrogens is 2. The van der Waals surface area contributed by atoms with E-state index in [1.807, 2.05) is 42.2 Å². The van der Waals surface area contributed by atoms with Gasteiger partial charge in [-0.3, -0.25) is 9.48 Å². The van der Waals surface area contributed by atoms with E-state index in [9.17, 15) is 4.79 Å². The summed E-state index contributed by atoms with van der Waals surface area (Å²) in [7, 11) is 0. The van der Waals surface area contributed by atoms with Crippen LogP contribution in [0, 0.1) is 6.92 Å². The van der Waals surface area contributed by atoms with Crippen molar-refractivity contribution in [3.05, 3.63) is 53.3 Å². The van der Waals surface area contributed by atoms with E-state index >= 15 is 0 Å². The molecule has 1 aliphatic rings. The van der Waals surface area contributed by atoms with Gasteiger partial charge >= 0.3 is 0 Å². The maximum atomic E-state index is 12.5. The predicted molar refractivity (Wildman–Crippen MR) is 87.1 cm³/mol. The first-order chi connectivity index (χ1) is 10.6. The Morgan fingerprint density at radius 2 is 2.00 bits per heavy atom. The molecule has 0 bridgehead atoms. The zero-order valence-corrected chi connectivity index (χ0v) is 13.5. The first-order valence-electron chi connectivity index (χ1n) is 7.96. The highest BCUT2D eigenvalue weighted by Gasteiger charge is 2.30. The summed E-state index contributed by atoms with van der Waals surface area (Å²) >= 11 is 0. The van der Waals surface area contributed by atoms with Crippen LogP contribution in [0.3, 0.4) is 0 Å². The van der Waals surface area contributed by atoms with Gasteiger partial charge in [0.2, 0.25) is 0 Å². The molecule has 1 aliphatic heterocycles. The van der Waals surface area contributed by atoms with Crippen LogP contribution in [0.1, 0.15) is 54.0 Å². The van der Waals surface area contributed by atoms with Gasteiger partial charge in [0.05, 0.1) is 11.7 Å². The molecular formula is C18H23N3O. The number of aryl methyl sites for hydroxylation is 1. The number of likely N-dealkylation sites (tertiary alicyclic amines) is 1. The summed E-state index contributed by atoms with van der Waals surface area (Å²) in [4.78, 5) is 14.5. The fourth-order valence-corrected chi connectivity index (χ4v) is 3.15. The first kappa shape index (κ1) is 14.8. The number of carbonyl (C=O) groups is 1. The second-order valence-corrected chi connectivity index (χ2v) is 6.37. The van der Waals surface area contributed by atoms with Crippen molar-refractivity contribution < 1.29 is 4.79 Å². The molecule has 1 amide bonds. The normalized spacial score (nSPS) is 18.2. The Balaban J connectivity index is 1.77. The van der Waals surface area contributed by atoms with Crippen molar-refractivity contribution in [2.45, 2.75) is 39.2 Å². The summed E-state index contributed by atoms with van der Waals surface area (Å²) in [5.41, 5.74) is 3.08. The molecule has 1 aromatic heterocycles. The molecule has 4 nitrogen and oxygen atoms in total. The summed E-state index contributed by atoms with van der Waals surface area (Å²) in [6, 6.07) is 12.0. The average molecular weight is 297 g/mol. The van der Waals surface area contributed by atoms with Gasteiger partial charge in [-0.05, 0) is 37.5 Å². The Bertz CT molecular complexity index is 660. The topological polar surface area (TPSA) is 38.1 Å². The van der Waals surface area contributed by atoms with E-state index in [1.165, 1.54) is 5.69 Å². The highest BCUT2D eigenvalue weighted by Crippen LogP contribution is 2.27. The van der Waals surface area contributed by atoms with E-state index < -0.39 is 0 Å². The fraction of sp³-hybridized carbons (Fsp3) is 0.444. The molecule has 1 atom stereocenters. The van der Waals surface area contributed by atoms with Crippen molar-refractivity contribution in [3.63, 3.8) is 0 Å². The minimum absolute atomic E-state index is 0.123. The van der Waals surface area contributed by atoms with Crippen LogP contribution < -0.4 is 0 Å². The average Bonchev–Trinajstić information content (AvgIpc) is 3.13. The molecule has 0 radical (unpaired) electrons. The Labute approximate surface area is 131 Å². The highest BCUT2D eigenvalue weighted by atomic mass is 16.2. The van der Waals surface area contributed by atoms with Crippen molar-refractivity contribution in [2.24, 2.45) is 0 Å². The Kier molecular flexibility index (Phi) is 4.01. The minimum Gasteiger partial charge on any atom is -0.336 e. The van der Waals surface area contributed by atoms with Gasteiger partial charge in [-0.15, -0.1) is 0 Å². The molecule has 22 heavy (non-hydrogen) atoms. The van der Waals surface area contributed by atoms with E-state index in [0.29, 0.717) is 12.0 Å². The lowest BCUT2D eigenvalue weighted by Gasteiger charge is -2.19. The van der Waals surface area contributed by atoms with E-state index in [4.69, 9.17) is 0 Å². The van der Waals surface area contributed by atoms with Gasteiger partial charge in [-0.2, -0.15) is 5.10 Å². The molecule has 4 heteroatoms. The van der Waals surface area contributed by atoms with Crippen LogP contribution in [0.15, 0.2) is 36.4 Å². The number of rotatable bonds is 3. The van der Waals surface area contributed by atoms with Crippen LogP contribution in [0.2, 0.25) is 0 Å². The van der Waals surface area contributed by atoms with E-state index in [1.54, 1.807) is 0 Å². The summed E-state index contributed by atoms with van der Waals surface area (Å²) in [6.45, 7) is 7.96. The molecule has 1 fully saturated rings. The molecular weight excluding hydrogens is 274 g/mol. The summed E-state index contributed by atoms with van der Waals surface area (Å²) in [5.74, 6) is 0.568. The molecule has 0 N–H and O–H groups in total.